The Hall–Kier alpha value is -3.28. The van der Waals surface area contributed by atoms with Crippen molar-refractivity contribution in [1.82, 2.24) is 9.97 Å². The Balaban J connectivity index is 1.64. The van der Waals surface area contributed by atoms with Gasteiger partial charge in [-0.1, -0.05) is 65.4 Å². The van der Waals surface area contributed by atoms with Crippen LogP contribution in [0.25, 0.3) is 32.4 Å². The second-order valence-electron chi connectivity index (χ2n) is 6.93. The Morgan fingerprint density at radius 2 is 1.60 bits per heavy atom. The topological polar surface area (TPSA) is 54.9 Å². The minimum atomic E-state index is -0.194. The van der Waals surface area contributed by atoms with Gasteiger partial charge in [-0.25, -0.2) is 9.97 Å². The fourth-order valence-electron chi connectivity index (χ4n) is 3.57. The van der Waals surface area contributed by atoms with Crippen LogP contribution >= 0.6 is 22.9 Å². The molecule has 4 nitrogen and oxygen atoms in total. The van der Waals surface area contributed by atoms with Gasteiger partial charge in [0.15, 0.2) is 5.13 Å². The Bertz CT molecular complexity index is 1380. The van der Waals surface area contributed by atoms with E-state index in [1.54, 1.807) is 0 Å². The lowest BCUT2D eigenvalue weighted by atomic mass is 9.97. The maximum atomic E-state index is 13.4. The average Bonchev–Trinajstić information content (AvgIpc) is 3.16. The number of para-hydroxylation sites is 2. The minimum Gasteiger partial charge on any atom is -0.298 e. The molecule has 3 aromatic carbocycles. The molecule has 0 aliphatic rings. The van der Waals surface area contributed by atoms with Crippen LogP contribution in [0.15, 0.2) is 72.8 Å². The van der Waals surface area contributed by atoms with Gasteiger partial charge >= 0.3 is 0 Å². The van der Waals surface area contributed by atoms with Crippen molar-refractivity contribution in [2.75, 3.05) is 5.32 Å². The molecule has 1 N–H and O–H groups in total. The molecule has 0 fully saturated rings. The normalized spacial score (nSPS) is 11.1. The summed E-state index contributed by atoms with van der Waals surface area (Å²) in [4.78, 5) is 22.7. The molecule has 6 heteroatoms. The second kappa shape index (κ2) is 7.52. The van der Waals surface area contributed by atoms with Crippen molar-refractivity contribution in [3.05, 3.63) is 88.9 Å². The predicted molar refractivity (Wildman–Crippen MR) is 124 cm³/mol. The standard InChI is InChI=1S/C24H16ClN3OS/c1-14-21(23(29)28-24-27-19-8-4-5-9-20(19)30-24)17-6-2-3-7-18(17)26-22(14)15-10-12-16(25)13-11-15/h2-13H,1H3,(H,27,28,29). The van der Waals surface area contributed by atoms with E-state index in [2.05, 4.69) is 10.3 Å². The number of rotatable bonds is 3. The maximum Gasteiger partial charge on any atom is 0.258 e. The first-order chi connectivity index (χ1) is 14.6. The predicted octanol–water partition coefficient (Wildman–Crippen LogP) is 6.73. The monoisotopic (exact) mass is 429 g/mol. The van der Waals surface area contributed by atoms with E-state index >= 15 is 0 Å². The smallest absolute Gasteiger partial charge is 0.258 e. The highest BCUT2D eigenvalue weighted by molar-refractivity contribution is 7.22. The largest absolute Gasteiger partial charge is 0.298 e. The molecule has 0 saturated carbocycles. The van der Waals surface area contributed by atoms with Gasteiger partial charge in [0.25, 0.3) is 5.91 Å². The average molecular weight is 430 g/mol. The van der Waals surface area contributed by atoms with Gasteiger partial charge in [0, 0.05) is 16.0 Å². The molecule has 2 heterocycles. The SMILES string of the molecule is Cc1c(-c2ccc(Cl)cc2)nc2ccccc2c1C(=O)Nc1nc2ccccc2s1. The van der Waals surface area contributed by atoms with Crippen molar-refractivity contribution >= 4 is 55.1 Å². The Morgan fingerprint density at radius 1 is 0.900 bits per heavy atom. The van der Waals surface area contributed by atoms with Crippen LogP contribution in [-0.2, 0) is 0 Å². The zero-order valence-corrected chi connectivity index (χ0v) is 17.6. The number of amides is 1. The molecule has 0 aliphatic carbocycles. The van der Waals surface area contributed by atoms with Crippen LogP contribution in [0.3, 0.4) is 0 Å². The van der Waals surface area contributed by atoms with Gasteiger partial charge in [-0.3, -0.25) is 10.1 Å². The van der Waals surface area contributed by atoms with Crippen LogP contribution in [0.1, 0.15) is 15.9 Å². The van der Waals surface area contributed by atoms with E-state index in [-0.39, 0.29) is 5.91 Å². The van der Waals surface area contributed by atoms with Gasteiger partial charge in [-0.15, -0.1) is 0 Å². The number of hydrogen-bond donors (Lipinski definition) is 1. The lowest BCUT2D eigenvalue weighted by molar-refractivity contribution is 0.102. The molecule has 0 radical (unpaired) electrons. The van der Waals surface area contributed by atoms with Crippen molar-refractivity contribution in [2.45, 2.75) is 6.92 Å². The van der Waals surface area contributed by atoms with Crippen LogP contribution in [-0.4, -0.2) is 15.9 Å². The fraction of sp³-hybridized carbons (Fsp3) is 0.0417. The number of fused-ring (bicyclic) bond motifs is 2. The lowest BCUT2D eigenvalue weighted by Gasteiger charge is -2.14. The van der Waals surface area contributed by atoms with Crippen LogP contribution in [0.5, 0.6) is 0 Å². The number of carbonyl (C=O) groups is 1. The quantitative estimate of drug-likeness (QED) is 0.346. The molecule has 0 atom stereocenters. The Labute approximate surface area is 182 Å². The molecule has 0 aliphatic heterocycles. The Kier molecular flexibility index (Phi) is 4.69. The molecular formula is C24H16ClN3OS. The summed E-state index contributed by atoms with van der Waals surface area (Å²) in [5, 5.41) is 5.04. The zero-order chi connectivity index (χ0) is 20.7. The van der Waals surface area contributed by atoms with E-state index in [1.165, 1.54) is 11.3 Å². The molecule has 0 bridgehead atoms. The summed E-state index contributed by atoms with van der Waals surface area (Å²) in [6, 6.07) is 23.0. The number of hydrogen-bond acceptors (Lipinski definition) is 4. The molecule has 5 aromatic rings. The third-order valence-corrected chi connectivity index (χ3v) is 6.20. The zero-order valence-electron chi connectivity index (χ0n) is 16.0. The van der Waals surface area contributed by atoms with Crippen molar-refractivity contribution in [2.24, 2.45) is 0 Å². The first-order valence-electron chi connectivity index (χ1n) is 9.42. The second-order valence-corrected chi connectivity index (χ2v) is 8.39. The summed E-state index contributed by atoms with van der Waals surface area (Å²) in [5.74, 6) is -0.194. The van der Waals surface area contributed by atoms with Crippen molar-refractivity contribution < 1.29 is 4.79 Å². The number of aromatic nitrogens is 2. The summed E-state index contributed by atoms with van der Waals surface area (Å²) in [7, 11) is 0. The minimum absolute atomic E-state index is 0.194. The molecule has 1 amide bonds. The van der Waals surface area contributed by atoms with Gasteiger partial charge in [-0.2, -0.15) is 0 Å². The summed E-state index contributed by atoms with van der Waals surface area (Å²) < 4.78 is 1.03. The first kappa shape index (κ1) is 18.7. The number of nitrogens with one attached hydrogen (secondary N) is 1. The molecule has 2 aromatic heterocycles. The number of thiazole rings is 1. The molecule has 30 heavy (non-hydrogen) atoms. The highest BCUT2D eigenvalue weighted by atomic mass is 35.5. The number of nitrogens with zero attached hydrogens (tertiary/aromatic N) is 2. The van der Waals surface area contributed by atoms with Crippen molar-refractivity contribution in [1.29, 1.82) is 0 Å². The summed E-state index contributed by atoms with van der Waals surface area (Å²) >= 11 is 7.51. The molecule has 146 valence electrons. The molecule has 0 saturated heterocycles. The van der Waals surface area contributed by atoms with E-state index in [9.17, 15) is 4.79 Å². The van der Waals surface area contributed by atoms with Crippen molar-refractivity contribution in [3.8, 4) is 11.3 Å². The van der Waals surface area contributed by atoms with E-state index in [0.29, 0.717) is 15.7 Å². The molecule has 0 spiro atoms. The summed E-state index contributed by atoms with van der Waals surface area (Å²) in [6.45, 7) is 1.93. The van der Waals surface area contributed by atoms with Crippen LogP contribution in [0.4, 0.5) is 5.13 Å². The van der Waals surface area contributed by atoms with E-state index in [4.69, 9.17) is 16.6 Å². The van der Waals surface area contributed by atoms with E-state index in [1.807, 2.05) is 79.7 Å². The highest BCUT2D eigenvalue weighted by Crippen LogP contribution is 2.32. The number of pyridine rings is 1. The molecular weight excluding hydrogens is 414 g/mol. The van der Waals surface area contributed by atoms with Crippen molar-refractivity contribution in [3.63, 3.8) is 0 Å². The summed E-state index contributed by atoms with van der Waals surface area (Å²) in [5.41, 5.74) is 4.73. The summed E-state index contributed by atoms with van der Waals surface area (Å²) in [6.07, 6.45) is 0. The lowest BCUT2D eigenvalue weighted by Crippen LogP contribution is -2.15. The van der Waals surface area contributed by atoms with Gasteiger partial charge in [0.2, 0.25) is 0 Å². The number of anilines is 1. The number of benzene rings is 3. The molecule has 5 rings (SSSR count). The maximum absolute atomic E-state index is 13.4. The van der Waals surface area contributed by atoms with Crippen LogP contribution in [0, 0.1) is 6.92 Å². The van der Waals surface area contributed by atoms with E-state index < -0.39 is 0 Å². The third-order valence-electron chi connectivity index (χ3n) is 4.99. The van der Waals surface area contributed by atoms with Gasteiger partial charge in [0.1, 0.15) is 0 Å². The fourth-order valence-corrected chi connectivity index (χ4v) is 4.56. The molecule has 0 unspecified atom stereocenters. The van der Waals surface area contributed by atoms with Gasteiger partial charge < -0.3 is 0 Å². The van der Waals surface area contributed by atoms with Crippen LogP contribution < -0.4 is 5.32 Å². The first-order valence-corrected chi connectivity index (χ1v) is 10.6. The van der Waals surface area contributed by atoms with Gasteiger partial charge in [-0.05, 0) is 42.8 Å². The Morgan fingerprint density at radius 3 is 2.37 bits per heavy atom. The van der Waals surface area contributed by atoms with E-state index in [0.717, 1.165) is 37.9 Å². The number of carbonyl (C=O) groups excluding carboxylic acids is 1. The number of halogens is 1. The van der Waals surface area contributed by atoms with Crippen LogP contribution in [0.2, 0.25) is 5.02 Å². The third kappa shape index (κ3) is 3.32. The highest BCUT2D eigenvalue weighted by Gasteiger charge is 2.20. The van der Waals surface area contributed by atoms with Gasteiger partial charge in [0.05, 0.1) is 27.0 Å².